The van der Waals surface area contributed by atoms with Gasteiger partial charge in [-0.3, -0.25) is 9.59 Å². The van der Waals surface area contributed by atoms with Gasteiger partial charge in [0.15, 0.2) is 5.78 Å². The van der Waals surface area contributed by atoms with Crippen LogP contribution in [0.4, 0.5) is 5.95 Å². The third-order valence-electron chi connectivity index (χ3n) is 8.81. The summed E-state index contributed by atoms with van der Waals surface area (Å²) < 4.78 is 29.0. The summed E-state index contributed by atoms with van der Waals surface area (Å²) in [5, 5.41) is 14.9. The van der Waals surface area contributed by atoms with Gasteiger partial charge >= 0.3 is 0 Å². The van der Waals surface area contributed by atoms with Crippen molar-refractivity contribution >= 4 is 50.0 Å². The molecule has 0 aliphatic carbocycles. The van der Waals surface area contributed by atoms with E-state index in [0.717, 1.165) is 42.4 Å². The summed E-state index contributed by atoms with van der Waals surface area (Å²) in [7, 11) is -4.26. The van der Waals surface area contributed by atoms with E-state index in [4.69, 9.17) is 16.6 Å². The van der Waals surface area contributed by atoms with Crippen LogP contribution in [-0.2, 0) is 23.0 Å². The summed E-state index contributed by atoms with van der Waals surface area (Å²) in [5.41, 5.74) is 2.90. The van der Waals surface area contributed by atoms with Crippen LogP contribution in [0.1, 0.15) is 64.1 Å². The highest BCUT2D eigenvalue weighted by molar-refractivity contribution is 7.90. The summed E-state index contributed by atoms with van der Waals surface area (Å²) in [4.78, 5) is 39.5. The number of sulfonamides is 1. The fourth-order valence-electron chi connectivity index (χ4n) is 6.31. The van der Waals surface area contributed by atoms with Crippen molar-refractivity contribution in [2.45, 2.75) is 50.6 Å². The smallest absolute Gasteiger partial charge is 0.265 e. The van der Waals surface area contributed by atoms with Gasteiger partial charge in [0.25, 0.3) is 15.9 Å². The van der Waals surface area contributed by atoms with Gasteiger partial charge in [0.1, 0.15) is 0 Å². The van der Waals surface area contributed by atoms with Gasteiger partial charge in [-0.15, -0.1) is 0 Å². The number of nitrogens with zero attached hydrogens (tertiary/aromatic N) is 3. The molecule has 258 valence electrons. The molecular weight excluding hydrogens is 674 g/mol. The molecule has 10 nitrogen and oxygen atoms in total. The van der Waals surface area contributed by atoms with E-state index in [1.165, 1.54) is 30.5 Å². The zero-order valence-electron chi connectivity index (χ0n) is 27.8. The molecule has 1 aliphatic heterocycles. The minimum absolute atomic E-state index is 0.0369. The highest BCUT2D eigenvalue weighted by atomic mass is 35.5. The van der Waals surface area contributed by atoms with Crippen molar-refractivity contribution < 1.29 is 23.1 Å². The average molecular weight is 712 g/mol. The largest absolute Gasteiger partial charge is 0.395 e. The molecule has 0 spiro atoms. The number of aromatic nitrogens is 2. The fraction of sp³-hybridized carbons (Fsp3) is 0.263. The van der Waals surface area contributed by atoms with Crippen molar-refractivity contribution in [1.29, 1.82) is 0 Å². The molecule has 3 N–H and O–H groups in total. The average Bonchev–Trinajstić information content (AvgIpc) is 3.13. The number of aliphatic hydroxyl groups is 1. The minimum Gasteiger partial charge on any atom is -0.395 e. The highest BCUT2D eigenvalue weighted by Crippen LogP contribution is 2.34. The number of anilines is 1. The first-order valence-corrected chi connectivity index (χ1v) is 18.5. The van der Waals surface area contributed by atoms with E-state index in [1.807, 2.05) is 18.2 Å². The van der Waals surface area contributed by atoms with E-state index < -0.39 is 21.7 Å². The van der Waals surface area contributed by atoms with Crippen molar-refractivity contribution in [3.05, 3.63) is 118 Å². The third-order valence-corrected chi connectivity index (χ3v) is 10.4. The molecule has 1 amide bonds. The van der Waals surface area contributed by atoms with Gasteiger partial charge in [-0.2, -0.15) is 0 Å². The number of nitrogens with one attached hydrogen (secondary N) is 2. The van der Waals surface area contributed by atoms with Crippen molar-refractivity contribution in [3.63, 3.8) is 0 Å². The number of ketones is 1. The summed E-state index contributed by atoms with van der Waals surface area (Å²) in [6.07, 6.45) is 3.68. The molecule has 50 heavy (non-hydrogen) atoms. The van der Waals surface area contributed by atoms with Crippen LogP contribution in [0.2, 0.25) is 5.02 Å². The molecule has 12 heteroatoms. The first-order chi connectivity index (χ1) is 24.1. The topological polar surface area (TPSA) is 142 Å². The molecule has 2 heterocycles. The SMILES string of the molecule is CCCN(CCC)c1ncc(Cl)c(-c2ccc(C(=O)NS(=O)(=O)c3ccc4ccccc4c3)cc2C(=O)c2cccc3c2CC(CO)NC3)n1. The monoisotopic (exact) mass is 711 g/mol. The zero-order chi connectivity index (χ0) is 35.4. The lowest BCUT2D eigenvalue weighted by molar-refractivity contribution is 0.0981. The first kappa shape index (κ1) is 35.2. The molecule has 0 saturated carbocycles. The van der Waals surface area contributed by atoms with Crippen molar-refractivity contribution in [2.24, 2.45) is 0 Å². The Bertz CT molecular complexity index is 2190. The molecule has 0 fully saturated rings. The van der Waals surface area contributed by atoms with Crippen LogP contribution in [0, 0.1) is 0 Å². The van der Waals surface area contributed by atoms with Crippen LogP contribution in [0.25, 0.3) is 22.0 Å². The minimum atomic E-state index is -4.26. The second-order valence-corrected chi connectivity index (χ2v) is 14.4. The molecule has 6 rings (SSSR count). The van der Waals surface area contributed by atoms with E-state index in [0.29, 0.717) is 41.1 Å². The Hall–Kier alpha value is -4.68. The van der Waals surface area contributed by atoms with Gasteiger partial charge in [0.05, 0.1) is 28.4 Å². The summed E-state index contributed by atoms with van der Waals surface area (Å²) in [5.74, 6) is -0.827. The van der Waals surface area contributed by atoms with Crippen molar-refractivity contribution in [3.8, 4) is 11.3 Å². The number of fused-ring (bicyclic) bond motifs is 2. The zero-order valence-corrected chi connectivity index (χ0v) is 29.4. The number of amides is 1. The lowest BCUT2D eigenvalue weighted by atomic mass is 9.86. The molecule has 1 aromatic heterocycles. The number of carbonyl (C=O) groups is 2. The predicted octanol–water partition coefficient (Wildman–Crippen LogP) is 5.93. The van der Waals surface area contributed by atoms with Crippen LogP contribution in [0.3, 0.4) is 0 Å². The summed E-state index contributed by atoms with van der Waals surface area (Å²) >= 11 is 6.71. The quantitative estimate of drug-likeness (QED) is 0.134. The highest BCUT2D eigenvalue weighted by Gasteiger charge is 2.28. The fourth-order valence-corrected chi connectivity index (χ4v) is 7.51. The van der Waals surface area contributed by atoms with Crippen molar-refractivity contribution in [1.82, 2.24) is 20.0 Å². The van der Waals surface area contributed by atoms with Gasteiger partial charge in [-0.25, -0.2) is 23.1 Å². The summed E-state index contributed by atoms with van der Waals surface area (Å²) in [6, 6.07) is 21.6. The molecule has 1 unspecified atom stereocenters. The maximum atomic E-state index is 14.6. The molecule has 0 radical (unpaired) electrons. The summed E-state index contributed by atoms with van der Waals surface area (Å²) in [6.45, 7) is 5.97. The molecule has 5 aromatic rings. The first-order valence-electron chi connectivity index (χ1n) is 16.6. The standard InChI is InChI=1S/C38H38ClN5O5S/c1-3-16-44(17-4-2)38-41-22-34(39)35(42-38)30-15-13-26(37(47)43-50(48,49)29-14-12-24-8-5-6-9-25(24)18-29)19-33(30)36(46)31-11-7-10-27-21-40-28(23-45)20-32(27)31/h5-15,18-19,22,28,40,45H,3-4,16-17,20-21,23H2,1-2H3,(H,43,47). The number of hydrogen-bond donors (Lipinski definition) is 3. The molecule has 0 bridgehead atoms. The Labute approximate surface area is 296 Å². The van der Waals surface area contributed by atoms with Crippen LogP contribution < -0.4 is 14.9 Å². The second-order valence-electron chi connectivity index (χ2n) is 12.3. The van der Waals surface area contributed by atoms with Crippen LogP contribution in [0.15, 0.2) is 90.0 Å². The molecular formula is C38H38ClN5O5S. The lowest BCUT2D eigenvalue weighted by Gasteiger charge is -2.26. The maximum Gasteiger partial charge on any atom is 0.265 e. The molecule has 0 saturated heterocycles. The van der Waals surface area contributed by atoms with Crippen LogP contribution in [-0.4, -0.2) is 60.9 Å². The van der Waals surface area contributed by atoms with E-state index >= 15 is 0 Å². The van der Waals surface area contributed by atoms with E-state index in [-0.39, 0.29) is 33.7 Å². The lowest BCUT2D eigenvalue weighted by Crippen LogP contribution is -2.39. The molecule has 4 aromatic carbocycles. The van der Waals surface area contributed by atoms with E-state index in [9.17, 15) is 23.1 Å². The molecule has 1 aliphatic rings. The van der Waals surface area contributed by atoms with Gasteiger partial charge in [-0.1, -0.05) is 80.0 Å². The number of halogens is 1. The van der Waals surface area contributed by atoms with E-state index in [2.05, 4.69) is 33.8 Å². The Morgan fingerprint density at radius 2 is 1.72 bits per heavy atom. The Kier molecular flexibility index (Phi) is 10.6. The van der Waals surface area contributed by atoms with Gasteiger partial charge in [-0.05, 0) is 65.4 Å². The normalized spacial score (nSPS) is 14.3. The maximum absolute atomic E-state index is 14.6. The third kappa shape index (κ3) is 7.27. The van der Waals surface area contributed by atoms with Crippen LogP contribution in [0.5, 0.6) is 0 Å². The van der Waals surface area contributed by atoms with Gasteiger partial charge < -0.3 is 15.3 Å². The number of hydrogen-bond acceptors (Lipinski definition) is 9. The van der Waals surface area contributed by atoms with Crippen molar-refractivity contribution in [2.75, 3.05) is 24.6 Å². The van der Waals surface area contributed by atoms with Crippen LogP contribution >= 0.6 is 11.6 Å². The van der Waals surface area contributed by atoms with Gasteiger partial charge in [0.2, 0.25) is 5.95 Å². The number of carbonyl (C=O) groups excluding carboxylic acids is 2. The Morgan fingerprint density at radius 3 is 2.46 bits per heavy atom. The van der Waals surface area contributed by atoms with Gasteiger partial charge in [0, 0.05) is 47.9 Å². The van der Waals surface area contributed by atoms with E-state index in [1.54, 1.807) is 36.4 Å². The number of aliphatic hydroxyl groups excluding tert-OH is 1. The predicted molar refractivity (Wildman–Crippen MR) is 195 cm³/mol. The Morgan fingerprint density at radius 1 is 0.960 bits per heavy atom. The second kappa shape index (κ2) is 15.1. The Balaban J connectivity index is 1.44. The molecule has 1 atom stereocenters. The number of rotatable bonds is 12. The number of benzene rings is 4.